The van der Waals surface area contributed by atoms with Crippen molar-refractivity contribution in [2.45, 2.75) is 26.2 Å². The molecule has 0 aliphatic carbocycles. The van der Waals surface area contributed by atoms with Crippen molar-refractivity contribution in [2.75, 3.05) is 18.4 Å². The number of nitrogens with zero attached hydrogens (tertiary/aromatic N) is 1. The molecule has 150 valence electrons. The summed E-state index contributed by atoms with van der Waals surface area (Å²) < 4.78 is 0. The maximum absolute atomic E-state index is 12.5. The monoisotopic (exact) mass is 393 g/mol. The predicted molar refractivity (Wildman–Crippen MR) is 108 cm³/mol. The molecule has 0 aromatic heterocycles. The third kappa shape index (κ3) is 4.87. The standard InChI is InChI=1S/C22H23N3O4/c1-2-15-7-4-6-10-18(15)24-20(27)14-23-19(26)11-12-25-21(28)13-16-8-3-5-9-17(16)22(25)29/h3-10H,2,11-14H2,1H3,(H,23,26)(H,24,27). The summed E-state index contributed by atoms with van der Waals surface area (Å²) in [5.74, 6) is -1.45. The van der Waals surface area contributed by atoms with Gasteiger partial charge in [-0.3, -0.25) is 24.1 Å². The summed E-state index contributed by atoms with van der Waals surface area (Å²) in [6.45, 7) is 1.80. The van der Waals surface area contributed by atoms with Crippen molar-refractivity contribution in [3.8, 4) is 0 Å². The average Bonchev–Trinajstić information content (AvgIpc) is 2.72. The number of carbonyl (C=O) groups is 4. The zero-order valence-corrected chi connectivity index (χ0v) is 16.2. The lowest BCUT2D eigenvalue weighted by Crippen LogP contribution is -2.44. The van der Waals surface area contributed by atoms with Gasteiger partial charge in [-0.15, -0.1) is 0 Å². The molecule has 0 spiro atoms. The number of aryl methyl sites for hydroxylation is 1. The van der Waals surface area contributed by atoms with Gasteiger partial charge in [-0.05, 0) is 29.7 Å². The van der Waals surface area contributed by atoms with Gasteiger partial charge in [-0.25, -0.2) is 0 Å². The van der Waals surface area contributed by atoms with E-state index in [0.717, 1.165) is 22.6 Å². The van der Waals surface area contributed by atoms with E-state index < -0.39 is 11.8 Å². The second kappa shape index (κ2) is 9.14. The largest absolute Gasteiger partial charge is 0.347 e. The lowest BCUT2D eigenvalue weighted by molar-refractivity contribution is -0.129. The van der Waals surface area contributed by atoms with Crippen molar-refractivity contribution in [3.05, 3.63) is 65.2 Å². The number of benzene rings is 2. The molecule has 2 aromatic rings. The number of anilines is 1. The van der Waals surface area contributed by atoms with Gasteiger partial charge in [0.15, 0.2) is 0 Å². The third-order valence-corrected chi connectivity index (χ3v) is 4.82. The molecule has 1 heterocycles. The van der Waals surface area contributed by atoms with E-state index in [-0.39, 0.29) is 37.7 Å². The number of rotatable bonds is 7. The Morgan fingerprint density at radius 2 is 1.72 bits per heavy atom. The molecule has 0 saturated heterocycles. The van der Waals surface area contributed by atoms with E-state index in [4.69, 9.17) is 0 Å². The van der Waals surface area contributed by atoms with Crippen molar-refractivity contribution in [1.82, 2.24) is 10.2 Å². The molecule has 0 radical (unpaired) electrons. The van der Waals surface area contributed by atoms with Crippen LogP contribution in [0.2, 0.25) is 0 Å². The summed E-state index contributed by atoms with van der Waals surface area (Å²) >= 11 is 0. The number of imide groups is 1. The lowest BCUT2D eigenvalue weighted by Gasteiger charge is -2.26. The van der Waals surface area contributed by atoms with Gasteiger partial charge in [0.2, 0.25) is 17.7 Å². The fraction of sp³-hybridized carbons (Fsp3) is 0.273. The van der Waals surface area contributed by atoms with Gasteiger partial charge in [-0.1, -0.05) is 43.3 Å². The molecule has 7 heteroatoms. The van der Waals surface area contributed by atoms with Crippen LogP contribution in [-0.4, -0.2) is 41.6 Å². The molecule has 0 atom stereocenters. The van der Waals surface area contributed by atoms with Crippen LogP contribution in [0.5, 0.6) is 0 Å². The van der Waals surface area contributed by atoms with Gasteiger partial charge in [-0.2, -0.15) is 0 Å². The van der Waals surface area contributed by atoms with Gasteiger partial charge in [0.1, 0.15) is 0 Å². The summed E-state index contributed by atoms with van der Waals surface area (Å²) in [5, 5.41) is 5.30. The van der Waals surface area contributed by atoms with Gasteiger partial charge >= 0.3 is 0 Å². The van der Waals surface area contributed by atoms with E-state index in [2.05, 4.69) is 10.6 Å². The summed E-state index contributed by atoms with van der Waals surface area (Å²) in [7, 11) is 0. The molecule has 2 aromatic carbocycles. The molecule has 7 nitrogen and oxygen atoms in total. The summed E-state index contributed by atoms with van der Waals surface area (Å²) in [5.41, 5.74) is 2.92. The minimum absolute atomic E-state index is 0.0158. The number of hydrogen-bond acceptors (Lipinski definition) is 4. The Balaban J connectivity index is 1.48. The smallest absolute Gasteiger partial charge is 0.260 e. The van der Waals surface area contributed by atoms with E-state index >= 15 is 0 Å². The molecule has 3 rings (SSSR count). The van der Waals surface area contributed by atoms with Crippen LogP contribution in [0.1, 0.15) is 34.8 Å². The first-order chi connectivity index (χ1) is 14.0. The van der Waals surface area contributed by atoms with Crippen molar-refractivity contribution in [1.29, 1.82) is 0 Å². The molecule has 0 unspecified atom stereocenters. The van der Waals surface area contributed by atoms with Crippen LogP contribution < -0.4 is 10.6 Å². The number of hydrogen-bond donors (Lipinski definition) is 2. The van der Waals surface area contributed by atoms with Crippen LogP contribution >= 0.6 is 0 Å². The van der Waals surface area contributed by atoms with Crippen LogP contribution in [0.3, 0.4) is 0 Å². The molecular weight excluding hydrogens is 370 g/mol. The fourth-order valence-corrected chi connectivity index (χ4v) is 3.25. The topological polar surface area (TPSA) is 95.6 Å². The zero-order valence-electron chi connectivity index (χ0n) is 16.2. The molecule has 0 fully saturated rings. The fourth-order valence-electron chi connectivity index (χ4n) is 3.25. The zero-order chi connectivity index (χ0) is 20.8. The second-order valence-electron chi connectivity index (χ2n) is 6.77. The first-order valence-electron chi connectivity index (χ1n) is 9.56. The van der Waals surface area contributed by atoms with Crippen molar-refractivity contribution in [2.24, 2.45) is 0 Å². The molecule has 1 aliphatic heterocycles. The van der Waals surface area contributed by atoms with E-state index in [9.17, 15) is 19.2 Å². The van der Waals surface area contributed by atoms with Crippen molar-refractivity contribution < 1.29 is 19.2 Å². The Kier molecular flexibility index (Phi) is 6.39. The second-order valence-corrected chi connectivity index (χ2v) is 6.77. The molecule has 29 heavy (non-hydrogen) atoms. The van der Waals surface area contributed by atoms with Crippen LogP contribution in [0, 0.1) is 0 Å². The summed E-state index contributed by atoms with van der Waals surface area (Å²) in [6, 6.07) is 14.4. The van der Waals surface area contributed by atoms with Gasteiger partial charge in [0.25, 0.3) is 5.91 Å². The number of nitrogens with one attached hydrogen (secondary N) is 2. The molecule has 4 amide bonds. The summed E-state index contributed by atoms with van der Waals surface area (Å²) in [6.07, 6.45) is 0.866. The van der Waals surface area contributed by atoms with Crippen molar-refractivity contribution >= 4 is 29.3 Å². The highest BCUT2D eigenvalue weighted by atomic mass is 16.2. The quantitative estimate of drug-likeness (QED) is 0.703. The molecule has 2 N–H and O–H groups in total. The normalized spacial score (nSPS) is 13.1. The predicted octanol–water partition coefficient (Wildman–Crippen LogP) is 1.92. The number of para-hydroxylation sites is 1. The number of fused-ring (bicyclic) bond motifs is 1. The van der Waals surface area contributed by atoms with Crippen molar-refractivity contribution in [3.63, 3.8) is 0 Å². The van der Waals surface area contributed by atoms with Crippen LogP contribution in [-0.2, 0) is 27.2 Å². The van der Waals surface area contributed by atoms with E-state index in [1.54, 1.807) is 24.3 Å². The number of carbonyl (C=O) groups excluding carboxylic acids is 4. The highest BCUT2D eigenvalue weighted by Gasteiger charge is 2.30. The highest BCUT2D eigenvalue weighted by Crippen LogP contribution is 2.19. The first kappa shape index (κ1) is 20.3. The Morgan fingerprint density at radius 1 is 1.00 bits per heavy atom. The van der Waals surface area contributed by atoms with Gasteiger partial charge < -0.3 is 10.6 Å². The Hall–Kier alpha value is -3.48. The van der Waals surface area contributed by atoms with Crippen LogP contribution in [0.15, 0.2) is 48.5 Å². The minimum Gasteiger partial charge on any atom is -0.347 e. The van der Waals surface area contributed by atoms with Crippen LogP contribution in [0.4, 0.5) is 5.69 Å². The minimum atomic E-state index is -0.400. The third-order valence-electron chi connectivity index (χ3n) is 4.82. The maximum Gasteiger partial charge on any atom is 0.260 e. The first-order valence-corrected chi connectivity index (χ1v) is 9.56. The van der Waals surface area contributed by atoms with Gasteiger partial charge in [0, 0.05) is 24.2 Å². The Labute approximate surface area is 169 Å². The lowest BCUT2D eigenvalue weighted by atomic mass is 9.98. The Morgan fingerprint density at radius 3 is 2.52 bits per heavy atom. The summed E-state index contributed by atoms with van der Waals surface area (Å²) in [4.78, 5) is 50.0. The van der Waals surface area contributed by atoms with Gasteiger partial charge in [0.05, 0.1) is 13.0 Å². The van der Waals surface area contributed by atoms with E-state index in [1.807, 2.05) is 31.2 Å². The van der Waals surface area contributed by atoms with E-state index in [1.165, 1.54) is 0 Å². The average molecular weight is 393 g/mol. The number of amides is 4. The highest BCUT2D eigenvalue weighted by molar-refractivity contribution is 6.09. The Bertz CT molecular complexity index is 955. The van der Waals surface area contributed by atoms with E-state index in [0.29, 0.717) is 11.1 Å². The molecular formula is C22H23N3O4. The maximum atomic E-state index is 12.5. The molecule has 0 saturated carbocycles. The SMILES string of the molecule is CCc1ccccc1NC(=O)CNC(=O)CCN1C(=O)Cc2ccccc2C1=O. The van der Waals surface area contributed by atoms with Crippen LogP contribution in [0.25, 0.3) is 0 Å². The molecule has 1 aliphatic rings. The molecule has 0 bridgehead atoms.